The van der Waals surface area contributed by atoms with Crippen molar-refractivity contribution in [1.82, 2.24) is 14.2 Å². The Kier molecular flexibility index (Phi) is 8.44. The number of thiazole rings is 1. The summed E-state index contributed by atoms with van der Waals surface area (Å²) >= 11 is 7.44. The molecule has 4 rings (SSSR count). The Bertz CT molecular complexity index is 1220. The van der Waals surface area contributed by atoms with Crippen LogP contribution < -0.4 is 4.90 Å². The van der Waals surface area contributed by atoms with Crippen LogP contribution in [-0.4, -0.2) is 67.8 Å². The number of carbonyl (C=O) groups is 1. The first-order chi connectivity index (χ1) is 16.8. The highest BCUT2D eigenvalue weighted by Crippen LogP contribution is 2.32. The highest BCUT2D eigenvalue weighted by atomic mass is 35.5. The number of hydrogen-bond acceptors (Lipinski definition) is 6. The molecule has 1 aliphatic rings. The van der Waals surface area contributed by atoms with E-state index in [0.717, 1.165) is 29.9 Å². The van der Waals surface area contributed by atoms with Gasteiger partial charge in [-0.3, -0.25) is 9.69 Å². The molecule has 0 saturated carbocycles. The zero-order chi connectivity index (χ0) is 25.0. The zero-order valence-electron chi connectivity index (χ0n) is 20.1. The third-order valence-corrected chi connectivity index (χ3v) is 9.79. The lowest BCUT2D eigenvalue weighted by molar-refractivity contribution is -0.123. The Labute approximate surface area is 216 Å². The van der Waals surface area contributed by atoms with Crippen molar-refractivity contribution in [3.8, 4) is 0 Å². The van der Waals surface area contributed by atoms with Crippen LogP contribution in [0.3, 0.4) is 0 Å². The third-order valence-electron chi connectivity index (χ3n) is 6.57. The minimum absolute atomic E-state index is 0.0275. The van der Waals surface area contributed by atoms with Gasteiger partial charge in [0.25, 0.3) is 0 Å². The number of benzene rings is 2. The second kappa shape index (κ2) is 11.3. The van der Waals surface area contributed by atoms with Gasteiger partial charge in [-0.25, -0.2) is 13.4 Å². The van der Waals surface area contributed by atoms with Gasteiger partial charge < -0.3 is 4.90 Å². The number of anilines is 1. The van der Waals surface area contributed by atoms with E-state index in [2.05, 4.69) is 18.7 Å². The predicted molar refractivity (Wildman–Crippen MR) is 143 cm³/mol. The van der Waals surface area contributed by atoms with Crippen molar-refractivity contribution >= 4 is 54.2 Å². The van der Waals surface area contributed by atoms with Gasteiger partial charge in [-0.05, 0) is 62.3 Å². The standard InChI is InChI=1S/C25H31ClN4O3S2/c1-3-28(4-2)17-18-30(25-27-22-7-5-6-8-23(22)34-25)24(31)19-13-15-29(16-14-19)35(32,33)21-11-9-20(26)10-12-21/h5-12,19H,3-4,13-18H2,1-2H3. The molecule has 0 spiro atoms. The molecule has 35 heavy (non-hydrogen) atoms. The van der Waals surface area contributed by atoms with E-state index < -0.39 is 10.0 Å². The van der Waals surface area contributed by atoms with Gasteiger partial charge in [0, 0.05) is 37.1 Å². The summed E-state index contributed by atoms with van der Waals surface area (Å²) in [5.74, 6) is -0.213. The number of para-hydroxylation sites is 1. The first-order valence-electron chi connectivity index (χ1n) is 12.0. The van der Waals surface area contributed by atoms with Crippen molar-refractivity contribution in [3.63, 3.8) is 0 Å². The molecule has 0 aliphatic carbocycles. The predicted octanol–water partition coefficient (Wildman–Crippen LogP) is 4.73. The molecule has 0 N–H and O–H groups in total. The number of piperidine rings is 1. The number of likely N-dealkylation sites (N-methyl/N-ethyl adjacent to an activating group) is 1. The van der Waals surface area contributed by atoms with Crippen molar-refractivity contribution in [2.75, 3.05) is 44.2 Å². The highest BCUT2D eigenvalue weighted by Gasteiger charge is 2.35. The van der Waals surface area contributed by atoms with Gasteiger partial charge in [-0.1, -0.05) is 48.9 Å². The van der Waals surface area contributed by atoms with Gasteiger partial charge in [0.1, 0.15) is 0 Å². The van der Waals surface area contributed by atoms with Crippen LogP contribution >= 0.6 is 22.9 Å². The van der Waals surface area contributed by atoms with Crippen LogP contribution in [0.5, 0.6) is 0 Å². The third kappa shape index (κ3) is 5.86. The summed E-state index contributed by atoms with van der Waals surface area (Å²) in [6, 6.07) is 14.1. The number of aromatic nitrogens is 1. The smallest absolute Gasteiger partial charge is 0.243 e. The summed E-state index contributed by atoms with van der Waals surface area (Å²) in [5, 5.41) is 1.20. The van der Waals surface area contributed by atoms with Gasteiger partial charge in [0.05, 0.1) is 15.1 Å². The fourth-order valence-corrected chi connectivity index (χ4v) is 6.97. The molecule has 0 atom stereocenters. The van der Waals surface area contributed by atoms with E-state index in [1.165, 1.54) is 27.8 Å². The summed E-state index contributed by atoms with van der Waals surface area (Å²) in [6.45, 7) is 8.01. The van der Waals surface area contributed by atoms with Gasteiger partial charge >= 0.3 is 0 Å². The van der Waals surface area contributed by atoms with Crippen LogP contribution in [0.1, 0.15) is 26.7 Å². The van der Waals surface area contributed by atoms with E-state index in [0.29, 0.717) is 42.6 Å². The van der Waals surface area contributed by atoms with Crippen LogP contribution in [0.25, 0.3) is 10.2 Å². The average molecular weight is 535 g/mol. The maximum absolute atomic E-state index is 13.7. The Morgan fingerprint density at radius 2 is 1.71 bits per heavy atom. The second-order valence-corrected chi connectivity index (χ2v) is 12.0. The maximum atomic E-state index is 13.7. The molecule has 0 radical (unpaired) electrons. The molecule has 2 heterocycles. The van der Waals surface area contributed by atoms with Crippen LogP contribution in [0, 0.1) is 5.92 Å². The average Bonchev–Trinajstić information content (AvgIpc) is 3.30. The van der Waals surface area contributed by atoms with Crippen molar-refractivity contribution in [1.29, 1.82) is 0 Å². The van der Waals surface area contributed by atoms with Gasteiger partial charge in [-0.2, -0.15) is 4.31 Å². The van der Waals surface area contributed by atoms with Gasteiger partial charge in [0.15, 0.2) is 5.13 Å². The molecular formula is C25H31ClN4O3S2. The number of halogens is 1. The maximum Gasteiger partial charge on any atom is 0.243 e. The molecule has 10 heteroatoms. The Hall–Kier alpha value is -2.04. The van der Waals surface area contributed by atoms with Crippen LogP contribution in [0.15, 0.2) is 53.4 Å². The zero-order valence-corrected chi connectivity index (χ0v) is 22.4. The molecule has 188 valence electrons. The molecule has 3 aromatic rings. The summed E-state index contributed by atoms with van der Waals surface area (Å²) < 4.78 is 28.6. The van der Waals surface area contributed by atoms with Crippen molar-refractivity contribution in [2.24, 2.45) is 5.92 Å². The molecule has 7 nitrogen and oxygen atoms in total. The molecule has 1 aromatic heterocycles. The molecule has 0 unspecified atom stereocenters. The van der Waals surface area contributed by atoms with Crippen molar-refractivity contribution in [3.05, 3.63) is 53.6 Å². The molecule has 1 aliphatic heterocycles. The quantitative estimate of drug-likeness (QED) is 0.397. The Morgan fingerprint density at radius 3 is 2.34 bits per heavy atom. The van der Waals surface area contributed by atoms with E-state index in [-0.39, 0.29) is 16.7 Å². The molecule has 2 aromatic carbocycles. The number of rotatable bonds is 9. The normalized spacial score (nSPS) is 15.7. The van der Waals surface area contributed by atoms with Crippen molar-refractivity contribution in [2.45, 2.75) is 31.6 Å². The first kappa shape index (κ1) is 26.0. The van der Waals surface area contributed by atoms with E-state index in [4.69, 9.17) is 16.6 Å². The van der Waals surface area contributed by atoms with E-state index in [1.54, 1.807) is 12.1 Å². The number of hydrogen-bond donors (Lipinski definition) is 0. The fraction of sp³-hybridized carbons (Fsp3) is 0.440. The minimum Gasteiger partial charge on any atom is -0.302 e. The number of amides is 1. The van der Waals surface area contributed by atoms with Crippen LogP contribution in [0.4, 0.5) is 5.13 Å². The van der Waals surface area contributed by atoms with Gasteiger partial charge in [0.2, 0.25) is 15.9 Å². The van der Waals surface area contributed by atoms with Gasteiger partial charge in [-0.15, -0.1) is 0 Å². The molecule has 1 saturated heterocycles. The fourth-order valence-electron chi connectivity index (χ4n) is 4.38. The van der Waals surface area contributed by atoms with Crippen LogP contribution in [0.2, 0.25) is 5.02 Å². The summed E-state index contributed by atoms with van der Waals surface area (Å²) in [4.78, 5) is 22.8. The number of nitrogens with zero attached hydrogens (tertiary/aromatic N) is 4. The van der Waals surface area contributed by atoms with E-state index in [9.17, 15) is 13.2 Å². The second-order valence-electron chi connectivity index (χ2n) is 8.61. The minimum atomic E-state index is -3.61. The monoisotopic (exact) mass is 534 g/mol. The topological polar surface area (TPSA) is 73.8 Å². The SMILES string of the molecule is CCN(CC)CCN(C(=O)C1CCN(S(=O)(=O)c2ccc(Cl)cc2)CC1)c1nc2ccccc2s1. The van der Waals surface area contributed by atoms with E-state index >= 15 is 0 Å². The number of carbonyl (C=O) groups excluding carboxylic acids is 1. The lowest BCUT2D eigenvalue weighted by Gasteiger charge is -2.33. The number of sulfonamides is 1. The number of fused-ring (bicyclic) bond motifs is 1. The Morgan fingerprint density at radius 1 is 1.06 bits per heavy atom. The Balaban J connectivity index is 1.49. The molecular weight excluding hydrogens is 504 g/mol. The molecule has 0 bridgehead atoms. The molecule has 1 fully saturated rings. The summed E-state index contributed by atoms with van der Waals surface area (Å²) in [5.41, 5.74) is 0.886. The first-order valence-corrected chi connectivity index (χ1v) is 14.6. The summed E-state index contributed by atoms with van der Waals surface area (Å²) in [7, 11) is -3.61. The largest absolute Gasteiger partial charge is 0.302 e. The molecule has 1 amide bonds. The van der Waals surface area contributed by atoms with E-state index in [1.807, 2.05) is 29.2 Å². The highest BCUT2D eigenvalue weighted by molar-refractivity contribution is 7.89. The lowest BCUT2D eigenvalue weighted by atomic mass is 9.96. The van der Waals surface area contributed by atoms with Crippen molar-refractivity contribution < 1.29 is 13.2 Å². The van der Waals surface area contributed by atoms with Crippen LogP contribution in [-0.2, 0) is 14.8 Å². The summed E-state index contributed by atoms with van der Waals surface area (Å²) in [6.07, 6.45) is 0.969. The lowest BCUT2D eigenvalue weighted by Crippen LogP contribution is -2.46.